The second-order valence-electron chi connectivity index (χ2n) is 5.46. The molecule has 8 heteroatoms. The lowest BCUT2D eigenvalue weighted by molar-refractivity contribution is 0.102. The molecule has 0 saturated heterocycles. The fraction of sp³-hybridized carbons (Fsp3) is 0.211. The zero-order chi connectivity index (χ0) is 19.2. The number of thioether (sulfide) groups is 1. The zero-order valence-electron chi connectivity index (χ0n) is 15.0. The van der Waals surface area contributed by atoms with E-state index >= 15 is 0 Å². The molecule has 2 heterocycles. The number of methoxy groups -OCH3 is 2. The highest BCUT2D eigenvalue weighted by atomic mass is 32.2. The Kier molecular flexibility index (Phi) is 5.97. The maximum absolute atomic E-state index is 12.6. The van der Waals surface area contributed by atoms with E-state index in [1.807, 2.05) is 10.6 Å². The van der Waals surface area contributed by atoms with Crippen LogP contribution < -0.4 is 9.47 Å². The van der Waals surface area contributed by atoms with Crippen LogP contribution in [0, 0.1) is 0 Å². The fourth-order valence-corrected chi connectivity index (χ4v) is 3.34. The number of ketones is 1. The summed E-state index contributed by atoms with van der Waals surface area (Å²) in [6.45, 7) is 4.28. The summed E-state index contributed by atoms with van der Waals surface area (Å²) >= 11 is 1.31. The molecular weight excluding hydrogens is 366 g/mol. The molecule has 0 N–H and O–H groups in total. The van der Waals surface area contributed by atoms with Crippen molar-refractivity contribution in [1.82, 2.24) is 14.8 Å². The van der Waals surface area contributed by atoms with Crippen molar-refractivity contribution in [1.29, 1.82) is 0 Å². The first-order chi connectivity index (χ1) is 13.2. The van der Waals surface area contributed by atoms with Gasteiger partial charge in [0.25, 0.3) is 0 Å². The number of rotatable bonds is 9. The smallest absolute Gasteiger partial charge is 0.200 e. The number of hydrogen-bond donors (Lipinski definition) is 0. The van der Waals surface area contributed by atoms with Crippen LogP contribution in [0.4, 0.5) is 0 Å². The molecule has 0 spiro atoms. The van der Waals surface area contributed by atoms with Crippen LogP contribution >= 0.6 is 11.8 Å². The molecule has 0 amide bonds. The standard InChI is InChI=1S/C19H19N3O4S/c1-4-9-22-18(16-6-5-10-26-16)20-21-19(22)27-12-14(23)13-7-8-15(24-2)17(11-13)25-3/h4-8,10-11H,1,9,12H2,2-3H3. The number of carbonyl (C=O) groups is 1. The normalized spacial score (nSPS) is 10.6. The van der Waals surface area contributed by atoms with Crippen LogP contribution in [0.5, 0.6) is 11.5 Å². The van der Waals surface area contributed by atoms with Gasteiger partial charge >= 0.3 is 0 Å². The van der Waals surface area contributed by atoms with Crippen molar-refractivity contribution < 1.29 is 18.7 Å². The topological polar surface area (TPSA) is 79.4 Å². The molecular formula is C19H19N3O4S. The highest BCUT2D eigenvalue weighted by Crippen LogP contribution is 2.29. The Morgan fingerprint density at radius 2 is 2.07 bits per heavy atom. The summed E-state index contributed by atoms with van der Waals surface area (Å²) < 4.78 is 17.7. The predicted octanol–water partition coefficient (Wildman–Crippen LogP) is 3.72. The Bertz CT molecular complexity index is 935. The Balaban J connectivity index is 1.77. The van der Waals surface area contributed by atoms with Gasteiger partial charge in [0.05, 0.1) is 26.2 Å². The molecule has 0 aliphatic carbocycles. The van der Waals surface area contributed by atoms with Gasteiger partial charge in [0.15, 0.2) is 28.2 Å². The lowest BCUT2D eigenvalue weighted by Gasteiger charge is -2.09. The fourth-order valence-electron chi connectivity index (χ4n) is 2.50. The molecule has 0 radical (unpaired) electrons. The highest BCUT2D eigenvalue weighted by Gasteiger charge is 2.17. The van der Waals surface area contributed by atoms with E-state index in [0.29, 0.717) is 40.3 Å². The molecule has 0 unspecified atom stereocenters. The van der Waals surface area contributed by atoms with Crippen molar-refractivity contribution in [3.8, 4) is 23.1 Å². The molecule has 0 bridgehead atoms. The van der Waals surface area contributed by atoms with E-state index in [2.05, 4.69) is 16.8 Å². The van der Waals surface area contributed by atoms with Crippen LogP contribution in [0.2, 0.25) is 0 Å². The first-order valence-electron chi connectivity index (χ1n) is 8.14. The van der Waals surface area contributed by atoms with Crippen molar-refractivity contribution in [3.05, 3.63) is 54.8 Å². The number of carbonyl (C=O) groups excluding carboxylic acids is 1. The summed E-state index contributed by atoms with van der Waals surface area (Å²) in [5.74, 6) is 2.47. The van der Waals surface area contributed by atoms with E-state index in [1.165, 1.54) is 18.9 Å². The minimum Gasteiger partial charge on any atom is -0.493 e. The molecule has 0 saturated carbocycles. The summed E-state index contributed by atoms with van der Waals surface area (Å²) in [6.07, 6.45) is 3.33. The van der Waals surface area contributed by atoms with Crippen LogP contribution in [0.1, 0.15) is 10.4 Å². The molecule has 0 fully saturated rings. The van der Waals surface area contributed by atoms with E-state index in [0.717, 1.165) is 0 Å². The van der Waals surface area contributed by atoms with E-state index in [9.17, 15) is 4.79 Å². The Hall–Kier alpha value is -3.00. The van der Waals surface area contributed by atoms with Crippen molar-refractivity contribution >= 4 is 17.5 Å². The number of furan rings is 1. The SMILES string of the molecule is C=CCn1c(SCC(=O)c2ccc(OC)c(OC)c2)nnc1-c1ccco1. The number of allylic oxidation sites excluding steroid dienone is 1. The third kappa shape index (κ3) is 4.06. The Morgan fingerprint density at radius 3 is 2.74 bits per heavy atom. The Labute approximate surface area is 161 Å². The number of aromatic nitrogens is 3. The van der Waals surface area contributed by atoms with Crippen molar-refractivity contribution in [3.63, 3.8) is 0 Å². The second kappa shape index (κ2) is 8.59. The summed E-state index contributed by atoms with van der Waals surface area (Å²) in [4.78, 5) is 12.6. The average Bonchev–Trinajstić information content (AvgIpc) is 3.35. The van der Waals surface area contributed by atoms with Crippen LogP contribution in [-0.2, 0) is 6.54 Å². The van der Waals surface area contributed by atoms with E-state index in [1.54, 1.807) is 43.7 Å². The summed E-state index contributed by atoms with van der Waals surface area (Å²) in [6, 6.07) is 8.70. The number of benzene rings is 1. The van der Waals surface area contributed by atoms with Gasteiger partial charge in [0.1, 0.15) is 0 Å². The van der Waals surface area contributed by atoms with Crippen LogP contribution in [0.25, 0.3) is 11.6 Å². The third-order valence-corrected chi connectivity index (χ3v) is 4.77. The monoisotopic (exact) mass is 385 g/mol. The zero-order valence-corrected chi connectivity index (χ0v) is 15.9. The second-order valence-corrected chi connectivity index (χ2v) is 6.41. The van der Waals surface area contributed by atoms with Gasteiger partial charge in [-0.1, -0.05) is 17.8 Å². The minimum atomic E-state index is -0.0475. The van der Waals surface area contributed by atoms with Gasteiger partial charge in [-0.2, -0.15) is 0 Å². The van der Waals surface area contributed by atoms with Crippen LogP contribution in [-0.4, -0.2) is 40.5 Å². The molecule has 2 aromatic heterocycles. The summed E-state index contributed by atoms with van der Waals surface area (Å²) in [5.41, 5.74) is 0.543. The number of ether oxygens (including phenoxy) is 2. The molecule has 3 aromatic rings. The predicted molar refractivity (Wildman–Crippen MR) is 103 cm³/mol. The van der Waals surface area contributed by atoms with Crippen LogP contribution in [0.3, 0.4) is 0 Å². The summed E-state index contributed by atoms with van der Waals surface area (Å²) in [7, 11) is 3.09. The minimum absolute atomic E-state index is 0.0475. The van der Waals surface area contributed by atoms with E-state index in [4.69, 9.17) is 13.9 Å². The molecule has 27 heavy (non-hydrogen) atoms. The highest BCUT2D eigenvalue weighted by molar-refractivity contribution is 7.99. The Morgan fingerprint density at radius 1 is 1.26 bits per heavy atom. The van der Waals surface area contributed by atoms with Crippen LogP contribution in [0.15, 0.2) is 58.8 Å². The molecule has 7 nitrogen and oxygen atoms in total. The number of nitrogens with zero attached hydrogens (tertiary/aromatic N) is 3. The summed E-state index contributed by atoms with van der Waals surface area (Å²) in [5, 5.41) is 8.99. The van der Waals surface area contributed by atoms with Crippen molar-refractivity contribution in [2.24, 2.45) is 0 Å². The molecule has 3 rings (SSSR count). The van der Waals surface area contributed by atoms with Crippen molar-refractivity contribution in [2.75, 3.05) is 20.0 Å². The molecule has 1 aromatic carbocycles. The third-order valence-electron chi connectivity index (χ3n) is 3.81. The van der Waals surface area contributed by atoms with Gasteiger partial charge in [0, 0.05) is 12.1 Å². The quantitative estimate of drug-likeness (QED) is 0.315. The van der Waals surface area contributed by atoms with E-state index in [-0.39, 0.29) is 11.5 Å². The lowest BCUT2D eigenvalue weighted by atomic mass is 10.1. The van der Waals surface area contributed by atoms with Gasteiger partial charge < -0.3 is 13.9 Å². The number of Topliss-reactive ketones (excluding diaryl/α,β-unsaturated/α-hetero) is 1. The van der Waals surface area contributed by atoms with Gasteiger partial charge in [-0.25, -0.2) is 0 Å². The first kappa shape index (κ1) is 18.8. The number of hydrogen-bond acceptors (Lipinski definition) is 7. The van der Waals surface area contributed by atoms with Gasteiger partial charge in [0.2, 0.25) is 5.82 Å². The van der Waals surface area contributed by atoms with Gasteiger partial charge in [-0.3, -0.25) is 9.36 Å². The average molecular weight is 385 g/mol. The van der Waals surface area contributed by atoms with E-state index < -0.39 is 0 Å². The molecule has 0 aliphatic heterocycles. The van der Waals surface area contributed by atoms with Gasteiger partial charge in [-0.05, 0) is 30.3 Å². The van der Waals surface area contributed by atoms with Gasteiger partial charge in [-0.15, -0.1) is 16.8 Å². The lowest BCUT2D eigenvalue weighted by Crippen LogP contribution is -2.06. The molecule has 140 valence electrons. The largest absolute Gasteiger partial charge is 0.493 e. The maximum atomic E-state index is 12.6. The van der Waals surface area contributed by atoms with Crippen molar-refractivity contribution in [2.45, 2.75) is 11.7 Å². The molecule has 0 atom stereocenters. The maximum Gasteiger partial charge on any atom is 0.200 e. The first-order valence-corrected chi connectivity index (χ1v) is 9.12. The molecule has 0 aliphatic rings.